The summed E-state index contributed by atoms with van der Waals surface area (Å²) in [5, 5.41) is 11.2. The van der Waals surface area contributed by atoms with E-state index in [0.717, 1.165) is 58.2 Å². The highest BCUT2D eigenvalue weighted by Gasteiger charge is 2.47. The van der Waals surface area contributed by atoms with Gasteiger partial charge in [-0.15, -0.1) is 12.4 Å². The Morgan fingerprint density at radius 1 is 1.08 bits per heavy atom. The van der Waals surface area contributed by atoms with Crippen LogP contribution < -0.4 is 0 Å². The second kappa shape index (κ2) is 11.4. The average Bonchev–Trinajstić information content (AvgIpc) is 2.60. The van der Waals surface area contributed by atoms with Crippen LogP contribution in [0.5, 0.6) is 0 Å². The summed E-state index contributed by atoms with van der Waals surface area (Å²) in [6, 6.07) is 0. The lowest BCUT2D eigenvalue weighted by atomic mass is 9.67. The molecular formula is C20H38ClNO3. The minimum Gasteiger partial charge on any atom is -0.464 e. The fraction of sp³-hybridized carbons (Fsp3) is 0.950. The fourth-order valence-electron chi connectivity index (χ4n) is 4.70. The van der Waals surface area contributed by atoms with Crippen LogP contribution in [0, 0.1) is 11.8 Å². The van der Waals surface area contributed by atoms with Gasteiger partial charge in [-0.25, -0.2) is 0 Å². The van der Waals surface area contributed by atoms with Crippen LogP contribution in [0.25, 0.3) is 0 Å². The van der Waals surface area contributed by atoms with Crippen LogP contribution in [0.2, 0.25) is 0 Å². The van der Waals surface area contributed by atoms with Crippen LogP contribution in [-0.4, -0.2) is 47.8 Å². The van der Waals surface area contributed by atoms with E-state index in [0.29, 0.717) is 12.5 Å². The molecule has 0 aromatic carbocycles. The molecule has 148 valence electrons. The summed E-state index contributed by atoms with van der Waals surface area (Å²) < 4.78 is 5.67. The number of nitrogens with zero attached hydrogens (tertiary/aromatic N) is 1. The first-order chi connectivity index (χ1) is 11.6. The van der Waals surface area contributed by atoms with Gasteiger partial charge < -0.3 is 14.7 Å². The minimum atomic E-state index is -0.827. The summed E-state index contributed by atoms with van der Waals surface area (Å²) in [5.74, 6) is -0.143. The molecule has 2 fully saturated rings. The van der Waals surface area contributed by atoms with Crippen molar-refractivity contribution in [3.63, 3.8) is 0 Å². The van der Waals surface area contributed by atoms with E-state index < -0.39 is 5.60 Å². The molecule has 0 heterocycles. The van der Waals surface area contributed by atoms with Gasteiger partial charge in [-0.2, -0.15) is 0 Å². The number of halogens is 1. The third-order valence-electron chi connectivity index (χ3n) is 6.22. The van der Waals surface area contributed by atoms with Gasteiger partial charge in [0.2, 0.25) is 0 Å². The number of carbonyl (C=O) groups is 1. The van der Waals surface area contributed by atoms with E-state index in [-0.39, 0.29) is 24.3 Å². The summed E-state index contributed by atoms with van der Waals surface area (Å²) >= 11 is 0. The van der Waals surface area contributed by atoms with Crippen LogP contribution in [0.3, 0.4) is 0 Å². The molecule has 2 saturated carbocycles. The van der Waals surface area contributed by atoms with E-state index in [1.807, 2.05) is 0 Å². The predicted octanol–water partition coefficient (Wildman–Crippen LogP) is 4.18. The Labute approximate surface area is 160 Å². The van der Waals surface area contributed by atoms with Crippen molar-refractivity contribution in [2.45, 2.75) is 83.7 Å². The lowest BCUT2D eigenvalue weighted by Gasteiger charge is -2.42. The van der Waals surface area contributed by atoms with Crippen molar-refractivity contribution >= 4 is 18.4 Å². The van der Waals surface area contributed by atoms with E-state index in [4.69, 9.17) is 4.74 Å². The van der Waals surface area contributed by atoms with Gasteiger partial charge in [-0.1, -0.05) is 52.4 Å². The quantitative estimate of drug-likeness (QED) is 0.646. The molecule has 0 aromatic heterocycles. The number of esters is 1. The van der Waals surface area contributed by atoms with Crippen molar-refractivity contribution in [2.75, 3.05) is 26.2 Å². The van der Waals surface area contributed by atoms with Crippen LogP contribution in [0.1, 0.15) is 78.1 Å². The summed E-state index contributed by atoms with van der Waals surface area (Å²) in [6.07, 6.45) is 10.5. The summed E-state index contributed by atoms with van der Waals surface area (Å²) in [5.41, 5.74) is -0.827. The third kappa shape index (κ3) is 6.41. The molecular weight excluding hydrogens is 338 g/mol. The summed E-state index contributed by atoms with van der Waals surface area (Å²) in [6.45, 7) is 7.43. The zero-order valence-electron chi connectivity index (χ0n) is 16.2. The summed E-state index contributed by atoms with van der Waals surface area (Å²) in [7, 11) is 0. The molecule has 25 heavy (non-hydrogen) atoms. The standard InChI is InChI=1S/C20H37NO3.ClH/c1-3-21(4-2)15-16-24-19(22)18(17-11-7-5-8-12-17)20(23)13-9-6-10-14-20;/h17-18,23H,3-16H2,1-2H3;1H. The Bertz CT molecular complexity index is 375. The van der Waals surface area contributed by atoms with Crippen LogP contribution >= 0.6 is 12.4 Å². The average molecular weight is 376 g/mol. The minimum absolute atomic E-state index is 0. The van der Waals surface area contributed by atoms with Gasteiger partial charge in [-0.3, -0.25) is 4.79 Å². The lowest BCUT2D eigenvalue weighted by molar-refractivity contribution is -0.168. The molecule has 1 unspecified atom stereocenters. The molecule has 0 aliphatic heterocycles. The molecule has 2 aliphatic rings. The zero-order valence-corrected chi connectivity index (χ0v) is 17.0. The maximum atomic E-state index is 12.9. The molecule has 0 amide bonds. The highest BCUT2D eigenvalue weighted by atomic mass is 35.5. The van der Waals surface area contributed by atoms with Crippen molar-refractivity contribution in [3.05, 3.63) is 0 Å². The molecule has 2 aliphatic carbocycles. The number of hydrogen-bond acceptors (Lipinski definition) is 4. The third-order valence-corrected chi connectivity index (χ3v) is 6.22. The smallest absolute Gasteiger partial charge is 0.312 e. The Hall–Kier alpha value is -0.320. The number of likely N-dealkylation sites (N-methyl/N-ethyl adjacent to an activating group) is 1. The van der Waals surface area contributed by atoms with Gasteiger partial charge in [0.25, 0.3) is 0 Å². The number of ether oxygens (including phenoxy) is 1. The van der Waals surface area contributed by atoms with Gasteiger partial charge in [0.05, 0.1) is 11.5 Å². The molecule has 4 nitrogen and oxygen atoms in total. The predicted molar refractivity (Wildman–Crippen MR) is 104 cm³/mol. The Morgan fingerprint density at radius 3 is 2.20 bits per heavy atom. The van der Waals surface area contributed by atoms with Crippen LogP contribution in [0.15, 0.2) is 0 Å². The number of rotatable bonds is 8. The van der Waals surface area contributed by atoms with E-state index in [9.17, 15) is 9.90 Å². The molecule has 0 spiro atoms. The van der Waals surface area contributed by atoms with Crippen molar-refractivity contribution in [3.8, 4) is 0 Å². The van der Waals surface area contributed by atoms with Gasteiger partial charge in [0, 0.05) is 6.54 Å². The maximum absolute atomic E-state index is 12.9. The number of hydrogen-bond donors (Lipinski definition) is 1. The molecule has 0 radical (unpaired) electrons. The van der Waals surface area contributed by atoms with Crippen LogP contribution in [-0.2, 0) is 9.53 Å². The van der Waals surface area contributed by atoms with Gasteiger partial charge in [0.15, 0.2) is 0 Å². The Kier molecular flexibility index (Phi) is 10.4. The largest absolute Gasteiger partial charge is 0.464 e. The molecule has 1 atom stereocenters. The summed E-state index contributed by atoms with van der Waals surface area (Å²) in [4.78, 5) is 15.2. The first-order valence-corrected chi connectivity index (χ1v) is 10.2. The fourth-order valence-corrected chi connectivity index (χ4v) is 4.70. The maximum Gasteiger partial charge on any atom is 0.312 e. The van der Waals surface area contributed by atoms with E-state index in [1.165, 1.54) is 25.7 Å². The van der Waals surface area contributed by atoms with Gasteiger partial charge in [-0.05, 0) is 44.7 Å². The Morgan fingerprint density at radius 2 is 1.64 bits per heavy atom. The van der Waals surface area contributed by atoms with Crippen molar-refractivity contribution in [1.82, 2.24) is 4.90 Å². The monoisotopic (exact) mass is 375 g/mol. The zero-order chi connectivity index (χ0) is 17.4. The Balaban J connectivity index is 0.00000312. The highest BCUT2D eigenvalue weighted by Crippen LogP contribution is 2.43. The normalized spacial score (nSPS) is 22.2. The van der Waals surface area contributed by atoms with Gasteiger partial charge >= 0.3 is 5.97 Å². The van der Waals surface area contributed by atoms with Gasteiger partial charge in [0.1, 0.15) is 6.61 Å². The second-order valence-electron chi connectivity index (χ2n) is 7.73. The van der Waals surface area contributed by atoms with Crippen LogP contribution in [0.4, 0.5) is 0 Å². The molecule has 1 N–H and O–H groups in total. The first kappa shape index (κ1) is 22.7. The van der Waals surface area contributed by atoms with Crippen molar-refractivity contribution in [2.24, 2.45) is 11.8 Å². The van der Waals surface area contributed by atoms with E-state index in [1.54, 1.807) is 0 Å². The highest BCUT2D eigenvalue weighted by molar-refractivity contribution is 5.85. The van der Waals surface area contributed by atoms with Crippen molar-refractivity contribution < 1.29 is 14.6 Å². The molecule has 0 saturated heterocycles. The topological polar surface area (TPSA) is 49.8 Å². The molecule has 5 heteroatoms. The molecule has 2 rings (SSSR count). The number of aliphatic hydroxyl groups is 1. The van der Waals surface area contributed by atoms with E-state index in [2.05, 4.69) is 18.7 Å². The lowest BCUT2D eigenvalue weighted by Crippen LogP contribution is -2.49. The number of carbonyl (C=O) groups excluding carboxylic acids is 1. The SMILES string of the molecule is CCN(CC)CCOC(=O)C(C1CCCCC1)C1(O)CCCCC1.Cl. The second-order valence-corrected chi connectivity index (χ2v) is 7.73. The molecule has 0 aromatic rings. The molecule has 0 bridgehead atoms. The van der Waals surface area contributed by atoms with Crippen molar-refractivity contribution in [1.29, 1.82) is 0 Å². The first-order valence-electron chi connectivity index (χ1n) is 10.2. The van der Waals surface area contributed by atoms with E-state index >= 15 is 0 Å².